The Balaban J connectivity index is 2.19. The summed E-state index contributed by atoms with van der Waals surface area (Å²) in [4.78, 5) is 9.85. The van der Waals surface area contributed by atoms with Crippen LogP contribution in [0.3, 0.4) is 0 Å². The van der Waals surface area contributed by atoms with Gasteiger partial charge in [0.15, 0.2) is 17.6 Å². The highest BCUT2D eigenvalue weighted by molar-refractivity contribution is 5.84. The van der Waals surface area contributed by atoms with E-state index in [1.807, 2.05) is 0 Å². The second-order valence-electron chi connectivity index (χ2n) is 4.80. The monoisotopic (exact) mass is 240 g/mol. The number of aliphatic imine (C=N–C) groups is 2. The van der Waals surface area contributed by atoms with Crippen LogP contribution in [0.25, 0.3) is 0 Å². The van der Waals surface area contributed by atoms with E-state index >= 15 is 0 Å². The maximum absolute atomic E-state index is 10.8. The lowest BCUT2D eigenvalue weighted by Crippen LogP contribution is -2.78. The summed E-state index contributed by atoms with van der Waals surface area (Å²) in [6.07, 6.45) is 0.305. The van der Waals surface area contributed by atoms with Gasteiger partial charge in [-0.3, -0.25) is 0 Å². The summed E-state index contributed by atoms with van der Waals surface area (Å²) in [6.45, 7) is 2.19. The summed E-state index contributed by atoms with van der Waals surface area (Å²) >= 11 is 0. The van der Waals surface area contributed by atoms with Crippen molar-refractivity contribution < 1.29 is 10.2 Å². The van der Waals surface area contributed by atoms with E-state index in [-0.39, 0.29) is 18.0 Å². The molecule has 3 aliphatic rings. The summed E-state index contributed by atoms with van der Waals surface area (Å²) in [5.41, 5.74) is 8.31. The molecule has 1 saturated heterocycles. The van der Waals surface area contributed by atoms with Gasteiger partial charge in [0.05, 0.1) is 6.04 Å². The van der Waals surface area contributed by atoms with Crippen LogP contribution in [0.2, 0.25) is 0 Å². The number of hydrogen-bond acceptors (Lipinski definition) is 8. The molecule has 0 amide bonds. The fraction of sp³-hybridized carbons (Fsp3) is 0.778. The first-order valence-electron chi connectivity index (χ1n) is 5.55. The second kappa shape index (κ2) is 2.82. The van der Waals surface area contributed by atoms with E-state index in [1.165, 1.54) is 4.90 Å². The first-order chi connectivity index (χ1) is 7.88. The highest BCUT2D eigenvalue weighted by Crippen LogP contribution is 2.43. The van der Waals surface area contributed by atoms with E-state index in [1.54, 1.807) is 6.92 Å². The summed E-state index contributed by atoms with van der Waals surface area (Å²) in [7, 11) is 0. The van der Waals surface area contributed by atoms with Gasteiger partial charge in [-0.05, 0) is 6.92 Å². The molecule has 0 radical (unpaired) electrons. The first kappa shape index (κ1) is 10.6. The molecule has 3 rings (SSSR count). The highest BCUT2D eigenvalue weighted by atomic mass is 16.4. The van der Waals surface area contributed by atoms with Crippen LogP contribution in [0.1, 0.15) is 13.3 Å². The van der Waals surface area contributed by atoms with E-state index in [2.05, 4.69) is 15.3 Å². The van der Waals surface area contributed by atoms with Crippen molar-refractivity contribution in [1.82, 2.24) is 10.2 Å². The third-order valence-electron chi connectivity index (χ3n) is 3.81. The molecule has 0 aromatic heterocycles. The van der Waals surface area contributed by atoms with E-state index in [0.29, 0.717) is 13.0 Å². The Morgan fingerprint density at radius 3 is 2.82 bits per heavy atom. The molecule has 0 unspecified atom stereocenters. The van der Waals surface area contributed by atoms with Crippen molar-refractivity contribution in [2.24, 2.45) is 21.5 Å². The lowest BCUT2D eigenvalue weighted by atomic mass is 9.86. The molecule has 0 aromatic carbocycles. The van der Waals surface area contributed by atoms with Crippen LogP contribution in [0, 0.1) is 0 Å². The molecular weight excluding hydrogens is 224 g/mol. The Hall–Kier alpha value is -1.54. The van der Waals surface area contributed by atoms with Gasteiger partial charge in [-0.2, -0.15) is 0 Å². The van der Waals surface area contributed by atoms with E-state index in [4.69, 9.17) is 11.5 Å². The van der Waals surface area contributed by atoms with Crippen molar-refractivity contribution in [1.29, 1.82) is 0 Å². The molecular formula is C9H16N6O2. The number of aliphatic hydroxyl groups is 2. The topological polar surface area (TPSA) is 132 Å². The Kier molecular flexibility index (Phi) is 1.76. The standard InChI is InChI=1S/C9H16N6O2/c1-4-5-9(17)8(16,14-6(10)13-5)2-3-15(9)7(11)12-4/h4-5,16-17H,2-3H2,1H3,(H2,11,12)(H3,10,13,14)/t4-,5-,8-,9-/m0/s1. The SMILES string of the molecule is C[C@@H]1N=C(N)N2CC[C@@]3(O)NC(N)=N[C@@H]1[C@@]23O. The Morgan fingerprint density at radius 1 is 1.41 bits per heavy atom. The van der Waals surface area contributed by atoms with Gasteiger partial charge in [0.25, 0.3) is 0 Å². The molecule has 4 atom stereocenters. The summed E-state index contributed by atoms with van der Waals surface area (Å²) < 4.78 is 0. The van der Waals surface area contributed by atoms with Crippen LogP contribution in [-0.4, -0.2) is 57.1 Å². The zero-order valence-corrected chi connectivity index (χ0v) is 9.46. The first-order valence-corrected chi connectivity index (χ1v) is 5.55. The lowest BCUT2D eigenvalue weighted by molar-refractivity contribution is -0.207. The van der Waals surface area contributed by atoms with Gasteiger partial charge >= 0.3 is 0 Å². The molecule has 3 heterocycles. The number of nitrogens with two attached hydrogens (primary N) is 2. The summed E-state index contributed by atoms with van der Waals surface area (Å²) in [6, 6.07) is -0.954. The molecule has 0 aromatic rings. The quantitative estimate of drug-likeness (QED) is 0.308. The number of guanidine groups is 2. The highest BCUT2D eigenvalue weighted by Gasteiger charge is 2.68. The zero-order chi connectivity index (χ0) is 12.4. The van der Waals surface area contributed by atoms with Crippen molar-refractivity contribution in [3.05, 3.63) is 0 Å². The smallest absolute Gasteiger partial charge is 0.214 e. The van der Waals surface area contributed by atoms with Crippen LogP contribution in [0.4, 0.5) is 0 Å². The number of rotatable bonds is 0. The molecule has 8 heteroatoms. The van der Waals surface area contributed by atoms with Gasteiger partial charge in [0.1, 0.15) is 6.04 Å². The van der Waals surface area contributed by atoms with Gasteiger partial charge in [0, 0.05) is 13.0 Å². The fourth-order valence-electron chi connectivity index (χ4n) is 2.98. The normalized spacial score (nSPS) is 48.1. The van der Waals surface area contributed by atoms with Gasteiger partial charge < -0.3 is 31.9 Å². The van der Waals surface area contributed by atoms with Gasteiger partial charge in [0.2, 0.25) is 5.72 Å². The molecule has 7 N–H and O–H groups in total. The third kappa shape index (κ3) is 1.04. The summed E-state index contributed by atoms with van der Waals surface area (Å²) in [5, 5.41) is 24.0. The predicted octanol–water partition coefficient (Wildman–Crippen LogP) is -2.93. The fourth-order valence-corrected chi connectivity index (χ4v) is 2.98. The minimum Gasteiger partial charge on any atom is -0.370 e. The van der Waals surface area contributed by atoms with Crippen molar-refractivity contribution >= 4 is 11.9 Å². The Morgan fingerprint density at radius 2 is 2.12 bits per heavy atom. The molecule has 0 spiro atoms. The Bertz CT molecular complexity index is 437. The molecule has 0 saturated carbocycles. The average molecular weight is 240 g/mol. The van der Waals surface area contributed by atoms with Crippen molar-refractivity contribution in [2.75, 3.05) is 6.54 Å². The van der Waals surface area contributed by atoms with Crippen LogP contribution in [0.15, 0.2) is 9.98 Å². The molecule has 3 aliphatic heterocycles. The maximum atomic E-state index is 10.8. The van der Waals surface area contributed by atoms with Crippen LogP contribution in [-0.2, 0) is 0 Å². The maximum Gasteiger partial charge on any atom is 0.214 e. The number of hydrogen-bond donors (Lipinski definition) is 5. The molecule has 8 nitrogen and oxygen atoms in total. The molecule has 1 fully saturated rings. The third-order valence-corrected chi connectivity index (χ3v) is 3.81. The average Bonchev–Trinajstić information content (AvgIpc) is 2.48. The minimum absolute atomic E-state index is 0.117. The summed E-state index contributed by atoms with van der Waals surface area (Å²) in [5.74, 6) is 0.344. The largest absolute Gasteiger partial charge is 0.370 e. The molecule has 0 aliphatic carbocycles. The van der Waals surface area contributed by atoms with Crippen molar-refractivity contribution in [2.45, 2.75) is 36.9 Å². The molecule has 17 heavy (non-hydrogen) atoms. The second-order valence-corrected chi connectivity index (χ2v) is 4.80. The number of nitrogens with one attached hydrogen (secondary N) is 1. The minimum atomic E-state index is -1.58. The lowest BCUT2D eigenvalue weighted by Gasteiger charge is -2.51. The van der Waals surface area contributed by atoms with Crippen LogP contribution < -0.4 is 16.8 Å². The van der Waals surface area contributed by atoms with E-state index in [9.17, 15) is 10.2 Å². The van der Waals surface area contributed by atoms with Crippen LogP contribution in [0.5, 0.6) is 0 Å². The zero-order valence-electron chi connectivity index (χ0n) is 9.46. The van der Waals surface area contributed by atoms with Crippen LogP contribution >= 0.6 is 0 Å². The van der Waals surface area contributed by atoms with Gasteiger partial charge in [-0.1, -0.05) is 0 Å². The predicted molar refractivity (Wildman–Crippen MR) is 60.9 cm³/mol. The van der Waals surface area contributed by atoms with Crippen molar-refractivity contribution in [3.8, 4) is 0 Å². The molecule has 94 valence electrons. The van der Waals surface area contributed by atoms with Gasteiger partial charge in [-0.15, -0.1) is 0 Å². The van der Waals surface area contributed by atoms with Crippen molar-refractivity contribution in [3.63, 3.8) is 0 Å². The van der Waals surface area contributed by atoms with E-state index < -0.39 is 17.5 Å². The molecule has 0 bridgehead atoms. The Labute approximate surface area is 98.0 Å². The van der Waals surface area contributed by atoms with Gasteiger partial charge in [-0.25, -0.2) is 9.98 Å². The number of nitrogens with zero attached hydrogens (tertiary/aromatic N) is 3. The van der Waals surface area contributed by atoms with E-state index in [0.717, 1.165) is 0 Å².